The number of rotatable bonds is 6. The number of hydrogen-bond donors (Lipinski definition) is 1. The molecule has 4 aliphatic rings. The number of hydrogen-bond acceptors (Lipinski definition) is 8. The summed E-state index contributed by atoms with van der Waals surface area (Å²) >= 11 is 0.130. The molecule has 0 saturated carbocycles. The largest absolute Gasteiger partial charge is 0.461 e. The van der Waals surface area contributed by atoms with Gasteiger partial charge in [-0.3, -0.25) is 9.88 Å². The Labute approximate surface area is 219 Å². The number of piperazine rings is 1. The van der Waals surface area contributed by atoms with E-state index < -0.39 is 5.82 Å². The average molecular weight is 525 g/mol. The molecule has 4 saturated heterocycles. The van der Waals surface area contributed by atoms with Crippen LogP contribution in [0.5, 0.6) is 6.01 Å². The number of pyridine rings is 1. The molecule has 0 radical (unpaired) electrons. The first-order valence-corrected chi connectivity index (χ1v) is 14.0. The molecule has 4 fully saturated rings. The van der Waals surface area contributed by atoms with Crippen molar-refractivity contribution in [3.05, 3.63) is 36.3 Å². The molecule has 4 aliphatic heterocycles. The number of aromatic nitrogens is 3. The van der Waals surface area contributed by atoms with Gasteiger partial charge in [0.2, 0.25) is 0 Å². The van der Waals surface area contributed by atoms with Crippen molar-refractivity contribution < 1.29 is 13.0 Å². The molecule has 0 amide bonds. The molecule has 37 heavy (non-hydrogen) atoms. The first-order valence-electron chi connectivity index (χ1n) is 13.3. The Balaban J connectivity index is 1.30. The molecular formula is C27H30F2N6OS. The third-order valence-corrected chi connectivity index (χ3v) is 9.07. The van der Waals surface area contributed by atoms with E-state index >= 15 is 4.39 Å². The van der Waals surface area contributed by atoms with Crippen molar-refractivity contribution in [3.63, 3.8) is 0 Å². The lowest BCUT2D eigenvalue weighted by Crippen LogP contribution is -2.51. The number of halogens is 2. The van der Waals surface area contributed by atoms with E-state index in [4.69, 9.17) is 9.72 Å². The number of anilines is 1. The zero-order valence-corrected chi connectivity index (χ0v) is 21.4. The van der Waals surface area contributed by atoms with Crippen LogP contribution >= 0.6 is 12.1 Å². The van der Waals surface area contributed by atoms with E-state index in [1.54, 1.807) is 30.5 Å². The standard InChI is InChI=1S/C27H30F2N6OS/c28-22-23(17-4-1-5-20(12-17)37-29)30-13-21-24(22)32-26(36-16-27-8-2-10-35(27)11-3-9-27)33-25(21)34-14-18-6-7-19(15-34)31-18/h1,4-5,12-13,18-19,31H,2-3,6-11,14-16H2. The number of ether oxygens (including phenoxy) is 1. The van der Waals surface area contributed by atoms with E-state index in [0.717, 1.165) is 51.9 Å². The highest BCUT2D eigenvalue weighted by Crippen LogP contribution is 2.40. The van der Waals surface area contributed by atoms with E-state index in [1.165, 1.54) is 12.8 Å². The summed E-state index contributed by atoms with van der Waals surface area (Å²) in [6, 6.07) is 7.69. The second-order valence-electron chi connectivity index (χ2n) is 10.9. The van der Waals surface area contributed by atoms with Crippen LogP contribution in [-0.2, 0) is 0 Å². The van der Waals surface area contributed by atoms with Gasteiger partial charge in [0.25, 0.3) is 0 Å². The van der Waals surface area contributed by atoms with Gasteiger partial charge in [0.1, 0.15) is 23.6 Å². The van der Waals surface area contributed by atoms with E-state index in [0.29, 0.717) is 40.4 Å². The third-order valence-electron chi connectivity index (χ3n) is 8.64. The van der Waals surface area contributed by atoms with Crippen LogP contribution in [0.1, 0.15) is 38.5 Å². The highest BCUT2D eigenvalue weighted by Gasteiger charge is 2.45. The monoisotopic (exact) mass is 524 g/mol. The van der Waals surface area contributed by atoms with Gasteiger partial charge in [-0.15, -0.1) is 0 Å². The van der Waals surface area contributed by atoms with Crippen LogP contribution in [-0.4, -0.2) is 70.3 Å². The van der Waals surface area contributed by atoms with Gasteiger partial charge < -0.3 is 15.0 Å². The quantitative estimate of drug-likeness (QED) is 0.496. The fourth-order valence-electron chi connectivity index (χ4n) is 6.85. The van der Waals surface area contributed by atoms with Crippen molar-refractivity contribution in [1.29, 1.82) is 0 Å². The van der Waals surface area contributed by atoms with Gasteiger partial charge in [-0.25, -0.2) is 4.39 Å². The minimum absolute atomic E-state index is 0.0407. The van der Waals surface area contributed by atoms with E-state index in [-0.39, 0.29) is 34.9 Å². The van der Waals surface area contributed by atoms with Crippen LogP contribution < -0.4 is 15.0 Å². The first kappa shape index (κ1) is 23.5. The lowest BCUT2D eigenvalue weighted by molar-refractivity contribution is 0.108. The summed E-state index contributed by atoms with van der Waals surface area (Å²) in [5.41, 5.74) is 0.896. The van der Waals surface area contributed by atoms with Crippen LogP contribution in [0.3, 0.4) is 0 Å². The number of fused-ring (bicyclic) bond motifs is 4. The molecule has 3 aromatic rings. The maximum Gasteiger partial charge on any atom is 0.319 e. The molecule has 0 aliphatic carbocycles. The summed E-state index contributed by atoms with van der Waals surface area (Å²) in [6.07, 6.45) is 8.49. The molecule has 2 bridgehead atoms. The fraction of sp³-hybridized carbons (Fsp3) is 0.519. The molecule has 7 nitrogen and oxygen atoms in total. The Bertz CT molecular complexity index is 1320. The zero-order valence-electron chi connectivity index (χ0n) is 20.6. The van der Waals surface area contributed by atoms with Crippen LogP contribution in [0.4, 0.5) is 14.1 Å². The molecule has 2 unspecified atom stereocenters. The van der Waals surface area contributed by atoms with Crippen molar-refractivity contribution in [2.45, 2.75) is 61.0 Å². The molecular weight excluding hydrogens is 494 g/mol. The van der Waals surface area contributed by atoms with Crippen LogP contribution in [0.2, 0.25) is 0 Å². The summed E-state index contributed by atoms with van der Waals surface area (Å²) in [5, 5.41) is 4.22. The van der Waals surface area contributed by atoms with Crippen molar-refractivity contribution in [3.8, 4) is 17.3 Å². The average Bonchev–Trinajstić information content (AvgIpc) is 3.61. The molecule has 194 valence electrons. The Hall–Kier alpha value is -2.56. The molecule has 1 aromatic carbocycles. The van der Waals surface area contributed by atoms with Crippen molar-refractivity contribution in [1.82, 2.24) is 25.2 Å². The molecule has 2 aromatic heterocycles. The number of nitrogens with zero attached hydrogens (tertiary/aromatic N) is 5. The summed E-state index contributed by atoms with van der Waals surface area (Å²) in [4.78, 5) is 19.1. The van der Waals surface area contributed by atoms with E-state index in [1.807, 2.05) is 0 Å². The summed E-state index contributed by atoms with van der Waals surface area (Å²) in [5.74, 6) is 0.142. The Kier molecular flexibility index (Phi) is 5.93. The van der Waals surface area contributed by atoms with Gasteiger partial charge in [-0.05, 0) is 63.7 Å². The maximum atomic E-state index is 16.1. The van der Waals surface area contributed by atoms with Gasteiger partial charge >= 0.3 is 6.01 Å². The highest BCUT2D eigenvalue weighted by atomic mass is 32.2. The predicted molar refractivity (Wildman–Crippen MR) is 140 cm³/mol. The first-order chi connectivity index (χ1) is 18.1. The number of nitrogens with one attached hydrogen (secondary N) is 1. The van der Waals surface area contributed by atoms with Gasteiger partial charge in [0.05, 0.1) is 23.1 Å². The zero-order chi connectivity index (χ0) is 25.0. The fourth-order valence-corrected chi connectivity index (χ4v) is 7.15. The van der Waals surface area contributed by atoms with Crippen molar-refractivity contribution >= 4 is 28.9 Å². The van der Waals surface area contributed by atoms with Crippen LogP contribution in [0, 0.1) is 5.82 Å². The van der Waals surface area contributed by atoms with E-state index in [2.05, 4.69) is 25.1 Å². The smallest absolute Gasteiger partial charge is 0.319 e. The summed E-state index contributed by atoms with van der Waals surface area (Å²) in [7, 11) is 0. The highest BCUT2D eigenvalue weighted by molar-refractivity contribution is 7.94. The SMILES string of the molecule is FSc1cccc(-c2ncc3c(N4CC5CCC(C4)N5)nc(OCC45CCCN4CCC5)nc3c2F)c1. The van der Waals surface area contributed by atoms with Crippen molar-refractivity contribution in [2.24, 2.45) is 0 Å². The topological polar surface area (TPSA) is 66.4 Å². The van der Waals surface area contributed by atoms with Crippen LogP contribution in [0.15, 0.2) is 35.4 Å². The Morgan fingerprint density at radius 2 is 1.89 bits per heavy atom. The Morgan fingerprint density at radius 3 is 2.65 bits per heavy atom. The molecule has 2 atom stereocenters. The van der Waals surface area contributed by atoms with Gasteiger partial charge in [-0.2, -0.15) is 13.9 Å². The lowest BCUT2D eigenvalue weighted by atomic mass is 9.95. The summed E-state index contributed by atoms with van der Waals surface area (Å²) < 4.78 is 35.6. The molecule has 6 heterocycles. The molecule has 1 N–H and O–H groups in total. The third kappa shape index (κ3) is 4.13. The second-order valence-corrected chi connectivity index (χ2v) is 11.5. The Morgan fingerprint density at radius 1 is 1.11 bits per heavy atom. The van der Waals surface area contributed by atoms with E-state index in [9.17, 15) is 3.89 Å². The van der Waals surface area contributed by atoms with Crippen molar-refractivity contribution in [2.75, 3.05) is 37.7 Å². The normalized spacial score (nSPS) is 24.6. The predicted octanol–water partition coefficient (Wildman–Crippen LogP) is 4.76. The molecule has 7 rings (SSSR count). The van der Waals surface area contributed by atoms with Crippen LogP contribution in [0.25, 0.3) is 22.2 Å². The second kappa shape index (κ2) is 9.32. The minimum atomic E-state index is -0.536. The lowest BCUT2D eigenvalue weighted by Gasteiger charge is -2.34. The van der Waals surface area contributed by atoms with Gasteiger partial charge in [-0.1, -0.05) is 12.1 Å². The maximum absolute atomic E-state index is 16.1. The number of benzene rings is 1. The minimum Gasteiger partial charge on any atom is -0.461 e. The summed E-state index contributed by atoms with van der Waals surface area (Å²) in [6.45, 7) is 4.34. The molecule has 10 heteroatoms. The van der Waals surface area contributed by atoms with Gasteiger partial charge in [0.15, 0.2) is 5.82 Å². The molecule has 0 spiro atoms. The van der Waals surface area contributed by atoms with Gasteiger partial charge in [0, 0.05) is 41.8 Å².